The Morgan fingerprint density at radius 2 is 1.89 bits per heavy atom. The lowest BCUT2D eigenvalue weighted by atomic mass is 10.1. The summed E-state index contributed by atoms with van der Waals surface area (Å²) in [5.74, 6) is -0.430. The first-order valence-electron chi connectivity index (χ1n) is 8.42. The van der Waals surface area contributed by atoms with Crippen molar-refractivity contribution in [3.05, 3.63) is 69.8 Å². The number of hydrogen-bond donors (Lipinski definition) is 1. The summed E-state index contributed by atoms with van der Waals surface area (Å²) in [4.78, 5) is 33.6. The number of amides is 1. The van der Waals surface area contributed by atoms with Gasteiger partial charge in [0.25, 0.3) is 5.69 Å². The van der Waals surface area contributed by atoms with Gasteiger partial charge in [-0.25, -0.2) is 10.2 Å². The molecule has 0 atom stereocenters. The summed E-state index contributed by atoms with van der Waals surface area (Å²) in [5, 5.41) is 14.8. The van der Waals surface area contributed by atoms with Crippen molar-refractivity contribution in [3.63, 3.8) is 0 Å². The molecule has 2 aromatic rings. The van der Waals surface area contributed by atoms with Gasteiger partial charge in [0.05, 0.1) is 24.2 Å². The van der Waals surface area contributed by atoms with E-state index in [9.17, 15) is 19.7 Å². The zero-order valence-corrected chi connectivity index (χ0v) is 15.2. The third-order valence-electron chi connectivity index (χ3n) is 3.48. The van der Waals surface area contributed by atoms with Crippen molar-refractivity contribution in [1.29, 1.82) is 0 Å². The average Bonchev–Trinajstić information content (AvgIpc) is 2.68. The van der Waals surface area contributed by atoms with E-state index in [0.717, 1.165) is 0 Å². The molecule has 0 fully saturated rings. The molecule has 1 amide bonds. The second-order valence-corrected chi connectivity index (χ2v) is 5.52. The molecule has 0 saturated heterocycles. The number of esters is 1. The molecule has 0 radical (unpaired) electrons. The molecule has 0 aliphatic rings. The van der Waals surface area contributed by atoms with Gasteiger partial charge in [-0.05, 0) is 36.8 Å². The molecule has 0 spiro atoms. The predicted molar refractivity (Wildman–Crippen MR) is 101 cm³/mol. The topological polar surface area (TPSA) is 120 Å². The van der Waals surface area contributed by atoms with E-state index in [0.29, 0.717) is 23.5 Å². The van der Waals surface area contributed by atoms with Crippen molar-refractivity contribution in [2.45, 2.75) is 13.3 Å². The lowest BCUT2D eigenvalue weighted by Crippen LogP contribution is -2.20. The van der Waals surface area contributed by atoms with Crippen LogP contribution in [0.4, 0.5) is 5.69 Å². The van der Waals surface area contributed by atoms with Crippen LogP contribution in [-0.2, 0) is 20.7 Å². The van der Waals surface area contributed by atoms with Crippen LogP contribution in [0.15, 0.2) is 53.6 Å². The van der Waals surface area contributed by atoms with E-state index in [2.05, 4.69) is 10.5 Å². The number of carbonyl (C=O) groups is 2. The lowest BCUT2D eigenvalue weighted by Gasteiger charge is -2.05. The number of nitrogens with zero attached hydrogens (tertiary/aromatic N) is 2. The van der Waals surface area contributed by atoms with Crippen LogP contribution in [0.1, 0.15) is 18.1 Å². The van der Waals surface area contributed by atoms with Crippen molar-refractivity contribution in [2.75, 3.05) is 13.2 Å². The molecular formula is C19H19N3O6. The molecule has 0 aliphatic heterocycles. The number of hydrazone groups is 1. The van der Waals surface area contributed by atoms with Crippen LogP contribution in [0.25, 0.3) is 0 Å². The second-order valence-electron chi connectivity index (χ2n) is 5.52. The Bertz CT molecular complexity index is 864. The molecule has 1 N–H and O–H groups in total. The maximum Gasteiger partial charge on any atom is 0.344 e. The van der Waals surface area contributed by atoms with E-state index < -0.39 is 16.8 Å². The minimum atomic E-state index is -0.530. The fourth-order valence-electron chi connectivity index (χ4n) is 2.22. The standard InChI is InChI=1S/C19H19N3O6/c1-2-27-19(24)13-28-16-9-7-14(8-10-16)12-20-21-18(23)11-15-5-3-4-6-17(15)22(25)26/h3-10,12H,2,11,13H2,1H3,(H,21,23). The molecule has 0 saturated carbocycles. The zero-order chi connectivity index (χ0) is 20.4. The van der Waals surface area contributed by atoms with Crippen molar-refractivity contribution in [3.8, 4) is 5.75 Å². The van der Waals surface area contributed by atoms with E-state index >= 15 is 0 Å². The van der Waals surface area contributed by atoms with Crippen LogP contribution in [0.5, 0.6) is 5.75 Å². The third-order valence-corrected chi connectivity index (χ3v) is 3.48. The normalized spacial score (nSPS) is 10.5. The first-order chi connectivity index (χ1) is 13.5. The van der Waals surface area contributed by atoms with Crippen molar-refractivity contribution >= 4 is 23.8 Å². The van der Waals surface area contributed by atoms with E-state index in [4.69, 9.17) is 9.47 Å². The van der Waals surface area contributed by atoms with Crippen LogP contribution < -0.4 is 10.2 Å². The number of ether oxygens (including phenoxy) is 2. The number of hydrogen-bond acceptors (Lipinski definition) is 7. The van der Waals surface area contributed by atoms with Crippen LogP contribution in [0.2, 0.25) is 0 Å². The minimum absolute atomic E-state index is 0.111. The summed E-state index contributed by atoms with van der Waals surface area (Å²) in [6, 6.07) is 12.7. The Kier molecular flexibility index (Phi) is 7.64. The number of nitro benzene ring substituents is 1. The van der Waals surface area contributed by atoms with Crippen molar-refractivity contribution in [1.82, 2.24) is 5.43 Å². The molecule has 0 aromatic heterocycles. The van der Waals surface area contributed by atoms with Crippen LogP contribution in [0, 0.1) is 10.1 Å². The van der Waals surface area contributed by atoms with Gasteiger partial charge in [0.15, 0.2) is 6.61 Å². The summed E-state index contributed by atoms with van der Waals surface area (Å²) < 4.78 is 10.0. The summed E-state index contributed by atoms with van der Waals surface area (Å²) in [5.41, 5.74) is 3.22. The Morgan fingerprint density at radius 1 is 1.18 bits per heavy atom. The summed E-state index contributed by atoms with van der Waals surface area (Å²) >= 11 is 0. The molecule has 28 heavy (non-hydrogen) atoms. The number of nitro groups is 1. The Morgan fingerprint density at radius 3 is 2.57 bits per heavy atom. The van der Waals surface area contributed by atoms with Crippen LogP contribution in [0.3, 0.4) is 0 Å². The highest BCUT2D eigenvalue weighted by Crippen LogP contribution is 2.18. The number of para-hydroxylation sites is 1. The van der Waals surface area contributed by atoms with E-state index in [1.807, 2.05) is 0 Å². The lowest BCUT2D eigenvalue weighted by molar-refractivity contribution is -0.385. The van der Waals surface area contributed by atoms with E-state index in [1.165, 1.54) is 24.4 Å². The smallest absolute Gasteiger partial charge is 0.344 e. The molecule has 9 nitrogen and oxygen atoms in total. The fourth-order valence-corrected chi connectivity index (χ4v) is 2.22. The van der Waals surface area contributed by atoms with E-state index in [-0.39, 0.29) is 18.7 Å². The van der Waals surface area contributed by atoms with Crippen LogP contribution in [-0.4, -0.2) is 36.2 Å². The average molecular weight is 385 g/mol. The molecule has 2 aromatic carbocycles. The summed E-state index contributed by atoms with van der Waals surface area (Å²) in [7, 11) is 0. The highest BCUT2D eigenvalue weighted by Gasteiger charge is 2.14. The highest BCUT2D eigenvalue weighted by molar-refractivity contribution is 5.83. The Labute approximate surface area is 161 Å². The number of nitrogens with one attached hydrogen (secondary N) is 1. The monoisotopic (exact) mass is 385 g/mol. The SMILES string of the molecule is CCOC(=O)COc1ccc(C=NNC(=O)Cc2ccccc2[N+](=O)[O-])cc1. The zero-order valence-electron chi connectivity index (χ0n) is 15.2. The van der Waals surface area contributed by atoms with Gasteiger partial charge in [0, 0.05) is 11.6 Å². The Hall–Kier alpha value is -3.75. The summed E-state index contributed by atoms with van der Waals surface area (Å²) in [6.07, 6.45) is 1.27. The first-order valence-corrected chi connectivity index (χ1v) is 8.42. The molecule has 0 bridgehead atoms. The van der Waals surface area contributed by atoms with Gasteiger partial charge in [-0.3, -0.25) is 14.9 Å². The maximum atomic E-state index is 11.9. The molecule has 0 heterocycles. The van der Waals surface area contributed by atoms with Crippen LogP contribution >= 0.6 is 0 Å². The number of rotatable bonds is 9. The number of benzene rings is 2. The van der Waals surface area contributed by atoms with E-state index in [1.54, 1.807) is 37.3 Å². The third kappa shape index (κ3) is 6.52. The largest absolute Gasteiger partial charge is 0.482 e. The van der Waals surface area contributed by atoms with Gasteiger partial charge in [0.2, 0.25) is 5.91 Å². The maximum absolute atomic E-state index is 11.9. The fraction of sp³-hybridized carbons (Fsp3) is 0.211. The van der Waals surface area contributed by atoms with Gasteiger partial charge in [-0.2, -0.15) is 5.10 Å². The molecule has 2 rings (SSSR count). The van der Waals surface area contributed by atoms with Gasteiger partial charge in [-0.1, -0.05) is 18.2 Å². The van der Waals surface area contributed by atoms with Gasteiger partial charge >= 0.3 is 5.97 Å². The first kappa shape index (κ1) is 20.6. The number of carbonyl (C=O) groups excluding carboxylic acids is 2. The second kappa shape index (κ2) is 10.4. The predicted octanol–water partition coefficient (Wildman–Crippen LogP) is 2.23. The van der Waals surface area contributed by atoms with Gasteiger partial charge < -0.3 is 9.47 Å². The Balaban J connectivity index is 1.85. The molecular weight excluding hydrogens is 366 g/mol. The molecule has 0 aliphatic carbocycles. The van der Waals surface area contributed by atoms with Crippen molar-refractivity contribution in [2.24, 2.45) is 5.10 Å². The quantitative estimate of drug-likeness (QED) is 0.306. The molecule has 146 valence electrons. The minimum Gasteiger partial charge on any atom is -0.482 e. The summed E-state index contributed by atoms with van der Waals surface area (Å²) in [6.45, 7) is 1.83. The van der Waals surface area contributed by atoms with Crippen molar-refractivity contribution < 1.29 is 24.0 Å². The molecule has 9 heteroatoms. The molecule has 0 unspecified atom stereocenters. The van der Waals surface area contributed by atoms with Gasteiger partial charge in [-0.15, -0.1) is 0 Å². The highest BCUT2D eigenvalue weighted by atomic mass is 16.6. The van der Waals surface area contributed by atoms with Gasteiger partial charge in [0.1, 0.15) is 5.75 Å².